The van der Waals surface area contributed by atoms with Gasteiger partial charge in [-0.15, -0.1) is 0 Å². The van der Waals surface area contributed by atoms with Gasteiger partial charge in [-0.3, -0.25) is 4.79 Å². The zero-order valence-electron chi connectivity index (χ0n) is 11.2. The van der Waals surface area contributed by atoms with E-state index in [1.807, 2.05) is 25.1 Å². The molecule has 2 aromatic rings. The van der Waals surface area contributed by atoms with Crippen LogP contribution in [-0.4, -0.2) is 10.2 Å². The second-order valence-electron chi connectivity index (χ2n) is 5.01. The van der Waals surface area contributed by atoms with Crippen molar-refractivity contribution >= 4 is 5.69 Å². The van der Waals surface area contributed by atoms with E-state index in [1.165, 1.54) is 5.56 Å². The van der Waals surface area contributed by atoms with Crippen LogP contribution in [0.3, 0.4) is 0 Å². The summed E-state index contributed by atoms with van der Waals surface area (Å²) >= 11 is 0. The van der Waals surface area contributed by atoms with Crippen LogP contribution in [0.2, 0.25) is 0 Å². The second-order valence-corrected chi connectivity index (χ2v) is 5.01. The van der Waals surface area contributed by atoms with E-state index in [-0.39, 0.29) is 23.3 Å². The average molecular weight is 271 g/mol. The molecule has 1 aliphatic rings. The molecular formula is C14H17N5O. The van der Waals surface area contributed by atoms with Crippen LogP contribution in [-0.2, 0) is 0 Å². The van der Waals surface area contributed by atoms with Crippen molar-refractivity contribution in [2.45, 2.75) is 25.4 Å². The number of nitrogens with zero attached hydrogens (tertiary/aromatic N) is 1. The van der Waals surface area contributed by atoms with E-state index in [0.717, 1.165) is 17.7 Å². The summed E-state index contributed by atoms with van der Waals surface area (Å²) in [5.41, 5.74) is 15.0. The smallest absolute Gasteiger partial charge is 0.287 e. The number of aryl methyl sites for hydroxylation is 1. The summed E-state index contributed by atoms with van der Waals surface area (Å²) in [5, 5.41) is 6.39. The van der Waals surface area contributed by atoms with Gasteiger partial charge in [0.2, 0.25) is 0 Å². The topological polar surface area (TPSA) is 95.8 Å². The maximum atomic E-state index is 11.6. The minimum atomic E-state index is -0.337. The number of H-pyrrole nitrogens is 1. The lowest BCUT2D eigenvalue weighted by Gasteiger charge is -2.14. The van der Waals surface area contributed by atoms with E-state index < -0.39 is 0 Å². The summed E-state index contributed by atoms with van der Waals surface area (Å²) in [5.74, 6) is 0. The Morgan fingerprint density at radius 3 is 2.65 bits per heavy atom. The minimum absolute atomic E-state index is 0.0185. The normalized spacial score (nSPS) is 22.1. The van der Waals surface area contributed by atoms with Crippen LogP contribution in [0.1, 0.15) is 35.3 Å². The largest absolute Gasteiger partial charge is 0.394 e. The molecule has 1 fully saturated rings. The van der Waals surface area contributed by atoms with Crippen molar-refractivity contribution in [1.82, 2.24) is 21.0 Å². The number of hydrazine groups is 1. The summed E-state index contributed by atoms with van der Waals surface area (Å²) < 4.78 is 0. The maximum Gasteiger partial charge on any atom is 0.287 e. The van der Waals surface area contributed by atoms with E-state index in [4.69, 9.17) is 5.73 Å². The van der Waals surface area contributed by atoms with Gasteiger partial charge in [0.15, 0.2) is 0 Å². The Labute approximate surface area is 116 Å². The summed E-state index contributed by atoms with van der Waals surface area (Å²) in [6.07, 6.45) is 0.820. The number of aromatic nitrogens is 2. The molecule has 0 aliphatic carbocycles. The van der Waals surface area contributed by atoms with Gasteiger partial charge in [-0.25, -0.2) is 16.0 Å². The van der Waals surface area contributed by atoms with E-state index in [0.29, 0.717) is 0 Å². The molecule has 0 amide bonds. The monoisotopic (exact) mass is 271 g/mol. The van der Waals surface area contributed by atoms with Gasteiger partial charge in [-0.1, -0.05) is 30.3 Å². The lowest BCUT2D eigenvalue weighted by atomic mass is 9.96. The van der Waals surface area contributed by atoms with Crippen LogP contribution < -0.4 is 22.1 Å². The molecule has 5 N–H and O–H groups in total. The lowest BCUT2D eigenvalue weighted by Crippen LogP contribution is -2.29. The molecule has 0 radical (unpaired) electrons. The molecule has 20 heavy (non-hydrogen) atoms. The standard InChI is InChI=1S/C14H17N5O/c1-8-12(13(15)14(20)19-16-8)11-7-10(17-18-11)9-5-3-2-4-6-9/h2-6,10-11,17-18H,7H2,1H3,(H2,15,16)(H,19,20). The third kappa shape index (κ3) is 2.19. The molecule has 1 aromatic carbocycles. The van der Waals surface area contributed by atoms with Crippen LogP contribution in [0.15, 0.2) is 35.1 Å². The minimum Gasteiger partial charge on any atom is -0.394 e. The summed E-state index contributed by atoms with van der Waals surface area (Å²) in [6.45, 7) is 1.85. The van der Waals surface area contributed by atoms with E-state index >= 15 is 0 Å². The molecule has 1 saturated heterocycles. The SMILES string of the molecule is Cc1n[nH]c(=O)c(N)c1C1CC(c2ccccc2)NN1. The average Bonchev–Trinajstić information content (AvgIpc) is 2.94. The Morgan fingerprint density at radius 1 is 1.20 bits per heavy atom. The van der Waals surface area contributed by atoms with Crippen molar-refractivity contribution in [3.8, 4) is 0 Å². The fraction of sp³-hybridized carbons (Fsp3) is 0.286. The number of aromatic amines is 1. The van der Waals surface area contributed by atoms with Crippen molar-refractivity contribution in [1.29, 1.82) is 0 Å². The molecule has 2 unspecified atom stereocenters. The number of benzene rings is 1. The molecule has 1 aliphatic heterocycles. The first-order chi connectivity index (χ1) is 9.66. The van der Waals surface area contributed by atoms with Crippen LogP contribution in [0.4, 0.5) is 5.69 Å². The first-order valence-corrected chi connectivity index (χ1v) is 6.57. The summed E-state index contributed by atoms with van der Waals surface area (Å²) in [6, 6.07) is 10.3. The highest BCUT2D eigenvalue weighted by Gasteiger charge is 2.29. The van der Waals surface area contributed by atoms with Crippen molar-refractivity contribution in [2.75, 3.05) is 5.73 Å². The molecular weight excluding hydrogens is 254 g/mol. The number of anilines is 1. The highest BCUT2D eigenvalue weighted by atomic mass is 16.1. The zero-order chi connectivity index (χ0) is 14.1. The van der Waals surface area contributed by atoms with Crippen molar-refractivity contribution in [3.05, 3.63) is 57.5 Å². The molecule has 104 valence electrons. The Bertz CT molecular complexity index is 667. The summed E-state index contributed by atoms with van der Waals surface area (Å²) in [4.78, 5) is 11.6. The first kappa shape index (κ1) is 12.8. The Balaban J connectivity index is 1.88. The van der Waals surface area contributed by atoms with Crippen LogP contribution in [0.5, 0.6) is 0 Å². The van der Waals surface area contributed by atoms with Gasteiger partial charge in [0.1, 0.15) is 5.69 Å². The Hall–Kier alpha value is -2.18. The molecule has 1 aromatic heterocycles. The van der Waals surface area contributed by atoms with Crippen molar-refractivity contribution in [2.24, 2.45) is 0 Å². The van der Waals surface area contributed by atoms with Gasteiger partial charge >= 0.3 is 0 Å². The van der Waals surface area contributed by atoms with Crippen LogP contribution >= 0.6 is 0 Å². The van der Waals surface area contributed by atoms with Gasteiger partial charge in [-0.05, 0) is 18.9 Å². The van der Waals surface area contributed by atoms with Crippen LogP contribution in [0, 0.1) is 6.92 Å². The maximum absolute atomic E-state index is 11.6. The number of hydrogen-bond acceptors (Lipinski definition) is 5. The number of nitrogens with one attached hydrogen (secondary N) is 3. The summed E-state index contributed by atoms with van der Waals surface area (Å²) in [7, 11) is 0. The molecule has 2 heterocycles. The third-order valence-electron chi connectivity index (χ3n) is 3.70. The van der Waals surface area contributed by atoms with Gasteiger partial charge < -0.3 is 5.73 Å². The van der Waals surface area contributed by atoms with Crippen molar-refractivity contribution in [3.63, 3.8) is 0 Å². The zero-order valence-corrected chi connectivity index (χ0v) is 11.2. The van der Waals surface area contributed by atoms with E-state index in [9.17, 15) is 4.79 Å². The molecule has 0 saturated carbocycles. The second kappa shape index (κ2) is 5.07. The first-order valence-electron chi connectivity index (χ1n) is 6.57. The highest BCUT2D eigenvalue weighted by Crippen LogP contribution is 2.33. The van der Waals surface area contributed by atoms with Gasteiger partial charge in [0, 0.05) is 11.6 Å². The molecule has 3 rings (SSSR count). The predicted octanol–water partition coefficient (Wildman–Crippen LogP) is 0.941. The fourth-order valence-corrected chi connectivity index (χ4v) is 2.66. The Morgan fingerprint density at radius 2 is 1.90 bits per heavy atom. The van der Waals surface area contributed by atoms with Gasteiger partial charge in [0.25, 0.3) is 5.56 Å². The fourth-order valence-electron chi connectivity index (χ4n) is 2.66. The molecule has 6 heteroatoms. The van der Waals surface area contributed by atoms with E-state index in [2.05, 4.69) is 33.2 Å². The molecule has 6 nitrogen and oxygen atoms in total. The van der Waals surface area contributed by atoms with Gasteiger partial charge in [0.05, 0.1) is 11.7 Å². The number of nitrogen functional groups attached to an aromatic ring is 1. The highest BCUT2D eigenvalue weighted by molar-refractivity contribution is 5.48. The van der Waals surface area contributed by atoms with E-state index in [1.54, 1.807) is 0 Å². The van der Waals surface area contributed by atoms with Crippen molar-refractivity contribution < 1.29 is 0 Å². The molecule has 0 spiro atoms. The lowest BCUT2D eigenvalue weighted by molar-refractivity contribution is 0.552. The molecule has 0 bridgehead atoms. The Kier molecular flexibility index (Phi) is 3.25. The van der Waals surface area contributed by atoms with Crippen LogP contribution in [0.25, 0.3) is 0 Å². The van der Waals surface area contributed by atoms with Gasteiger partial charge in [-0.2, -0.15) is 5.10 Å². The predicted molar refractivity (Wildman–Crippen MR) is 76.8 cm³/mol. The quantitative estimate of drug-likeness (QED) is 0.652. The number of rotatable bonds is 2. The number of nitrogens with two attached hydrogens (primary N) is 1. The molecule has 2 atom stereocenters. The number of hydrogen-bond donors (Lipinski definition) is 4. The third-order valence-corrected chi connectivity index (χ3v) is 3.70.